The van der Waals surface area contributed by atoms with Gasteiger partial charge in [0.25, 0.3) is 0 Å². The molecule has 2 amide bonds. The van der Waals surface area contributed by atoms with Crippen LogP contribution in [0.2, 0.25) is 0 Å². The number of hydrogen-bond donors (Lipinski definition) is 2. The Hall–Kier alpha value is -1.52. The van der Waals surface area contributed by atoms with Gasteiger partial charge in [-0.1, -0.05) is 0 Å². The van der Waals surface area contributed by atoms with Crippen molar-refractivity contribution >= 4 is 12.7 Å². The molecule has 0 bridgehead atoms. The van der Waals surface area contributed by atoms with Gasteiger partial charge in [0.15, 0.2) is 0 Å². The van der Waals surface area contributed by atoms with E-state index in [0.29, 0.717) is 12.2 Å². The standard InChI is InChI=1S/C7H14N4O/c1-9-6(5-11(2)3)4-10-7(8)12/h5H,1,4H2,2-3H3,(H3,8,10,12)/b6-5-. The number of carbonyl (C=O) groups excluding carboxylic acids is 1. The predicted octanol–water partition coefficient (Wildman–Crippen LogP) is -0.242. The number of carbonyl (C=O) groups is 1. The van der Waals surface area contributed by atoms with Crippen LogP contribution in [-0.2, 0) is 0 Å². The number of primary amides is 1. The van der Waals surface area contributed by atoms with E-state index < -0.39 is 6.03 Å². The van der Waals surface area contributed by atoms with E-state index in [-0.39, 0.29) is 0 Å². The highest BCUT2D eigenvalue weighted by molar-refractivity contribution is 5.71. The molecule has 5 heteroatoms. The SMILES string of the molecule is C=N/C(=C\N(C)C)CNC(N)=O. The van der Waals surface area contributed by atoms with Gasteiger partial charge in [-0.3, -0.25) is 4.99 Å². The van der Waals surface area contributed by atoms with Crippen LogP contribution in [0.1, 0.15) is 0 Å². The maximum absolute atomic E-state index is 10.3. The Labute approximate surface area is 71.9 Å². The van der Waals surface area contributed by atoms with E-state index in [1.165, 1.54) is 0 Å². The summed E-state index contributed by atoms with van der Waals surface area (Å²) in [6.07, 6.45) is 1.75. The average molecular weight is 170 g/mol. The zero-order valence-corrected chi connectivity index (χ0v) is 7.37. The first-order valence-corrected chi connectivity index (χ1v) is 3.43. The molecule has 0 heterocycles. The van der Waals surface area contributed by atoms with E-state index in [4.69, 9.17) is 5.73 Å². The molecule has 0 fully saturated rings. The van der Waals surface area contributed by atoms with Crippen LogP contribution >= 0.6 is 0 Å². The molecular formula is C7H14N4O. The number of nitrogens with zero attached hydrogens (tertiary/aromatic N) is 2. The molecule has 0 rings (SSSR count). The number of nitrogens with one attached hydrogen (secondary N) is 1. The van der Waals surface area contributed by atoms with Crippen LogP contribution in [0.3, 0.4) is 0 Å². The van der Waals surface area contributed by atoms with Gasteiger partial charge in [0.1, 0.15) is 0 Å². The average Bonchev–Trinajstić information content (AvgIpc) is 1.97. The molecule has 0 aromatic heterocycles. The van der Waals surface area contributed by atoms with Crippen molar-refractivity contribution < 1.29 is 4.79 Å². The second kappa shape index (κ2) is 5.17. The third-order valence-corrected chi connectivity index (χ3v) is 1.05. The second-order valence-electron chi connectivity index (χ2n) is 2.46. The van der Waals surface area contributed by atoms with Crippen molar-refractivity contribution in [2.45, 2.75) is 0 Å². The van der Waals surface area contributed by atoms with Crippen LogP contribution in [0.4, 0.5) is 4.79 Å². The van der Waals surface area contributed by atoms with E-state index in [0.717, 1.165) is 0 Å². The summed E-state index contributed by atoms with van der Waals surface area (Å²) in [6.45, 7) is 3.66. The van der Waals surface area contributed by atoms with Crippen molar-refractivity contribution in [1.29, 1.82) is 0 Å². The predicted molar refractivity (Wildman–Crippen MR) is 48.9 cm³/mol. The molecule has 0 unspecified atom stereocenters. The monoisotopic (exact) mass is 170 g/mol. The fraction of sp³-hybridized carbons (Fsp3) is 0.429. The van der Waals surface area contributed by atoms with Gasteiger partial charge in [0.05, 0.1) is 12.2 Å². The molecule has 0 saturated heterocycles. The van der Waals surface area contributed by atoms with Gasteiger partial charge in [-0.25, -0.2) is 4.79 Å². The number of rotatable bonds is 4. The van der Waals surface area contributed by atoms with Gasteiger partial charge in [-0.2, -0.15) is 0 Å². The summed E-state index contributed by atoms with van der Waals surface area (Å²) in [4.78, 5) is 15.8. The van der Waals surface area contributed by atoms with Gasteiger partial charge in [-0.15, -0.1) is 0 Å². The minimum atomic E-state index is -0.566. The normalized spacial score (nSPS) is 10.7. The molecule has 0 saturated carbocycles. The molecule has 5 nitrogen and oxygen atoms in total. The third kappa shape index (κ3) is 5.28. The molecule has 0 radical (unpaired) electrons. The smallest absolute Gasteiger partial charge is 0.312 e. The van der Waals surface area contributed by atoms with Crippen LogP contribution in [0.15, 0.2) is 16.9 Å². The highest BCUT2D eigenvalue weighted by Crippen LogP contribution is 1.93. The first-order valence-electron chi connectivity index (χ1n) is 3.43. The lowest BCUT2D eigenvalue weighted by atomic mass is 10.4. The molecule has 0 aliphatic rings. The van der Waals surface area contributed by atoms with Crippen molar-refractivity contribution in [3.8, 4) is 0 Å². The molecule has 0 aromatic carbocycles. The zero-order valence-electron chi connectivity index (χ0n) is 7.37. The van der Waals surface area contributed by atoms with Crippen LogP contribution in [0.25, 0.3) is 0 Å². The molecule has 0 spiro atoms. The zero-order chi connectivity index (χ0) is 9.56. The van der Waals surface area contributed by atoms with Gasteiger partial charge < -0.3 is 16.0 Å². The maximum Gasteiger partial charge on any atom is 0.312 e. The summed E-state index contributed by atoms with van der Waals surface area (Å²) in [7, 11) is 3.71. The summed E-state index contributed by atoms with van der Waals surface area (Å²) in [5.74, 6) is 0. The van der Waals surface area contributed by atoms with Crippen LogP contribution in [0, 0.1) is 0 Å². The molecule has 0 aliphatic heterocycles. The summed E-state index contributed by atoms with van der Waals surface area (Å²) < 4.78 is 0. The Kier molecular flexibility index (Phi) is 4.52. The van der Waals surface area contributed by atoms with Gasteiger partial charge >= 0.3 is 6.03 Å². The quantitative estimate of drug-likeness (QED) is 0.571. The van der Waals surface area contributed by atoms with E-state index in [2.05, 4.69) is 17.0 Å². The number of hydrogen-bond acceptors (Lipinski definition) is 3. The number of urea groups is 1. The van der Waals surface area contributed by atoms with Crippen LogP contribution < -0.4 is 11.1 Å². The lowest BCUT2D eigenvalue weighted by Gasteiger charge is -2.07. The molecule has 3 N–H and O–H groups in total. The number of amides is 2. The summed E-state index contributed by atoms with van der Waals surface area (Å²) in [5.41, 5.74) is 5.54. The number of nitrogens with two attached hydrogens (primary N) is 1. The van der Waals surface area contributed by atoms with Gasteiger partial charge in [0.2, 0.25) is 0 Å². The molecule has 0 aromatic rings. The molecule has 0 atom stereocenters. The van der Waals surface area contributed by atoms with Crippen molar-refractivity contribution in [3.63, 3.8) is 0 Å². The van der Waals surface area contributed by atoms with Crippen molar-refractivity contribution in [2.24, 2.45) is 10.7 Å². The molecule has 12 heavy (non-hydrogen) atoms. The van der Waals surface area contributed by atoms with Crippen molar-refractivity contribution in [3.05, 3.63) is 11.9 Å². The molecule has 68 valence electrons. The summed E-state index contributed by atoms with van der Waals surface area (Å²) >= 11 is 0. The van der Waals surface area contributed by atoms with Crippen molar-refractivity contribution in [1.82, 2.24) is 10.2 Å². The summed E-state index contributed by atoms with van der Waals surface area (Å²) in [6, 6.07) is -0.566. The van der Waals surface area contributed by atoms with Gasteiger partial charge in [-0.05, 0) is 6.72 Å². The lowest BCUT2D eigenvalue weighted by molar-refractivity contribution is 0.249. The van der Waals surface area contributed by atoms with E-state index in [9.17, 15) is 4.79 Å². The topological polar surface area (TPSA) is 70.7 Å². The number of aliphatic imine (C=N–C) groups is 1. The Bertz CT molecular complexity index is 198. The molecular weight excluding hydrogens is 156 g/mol. The maximum atomic E-state index is 10.3. The van der Waals surface area contributed by atoms with Gasteiger partial charge in [0, 0.05) is 20.3 Å². The Balaban J connectivity index is 4.00. The highest BCUT2D eigenvalue weighted by atomic mass is 16.2. The minimum Gasteiger partial charge on any atom is -0.382 e. The largest absolute Gasteiger partial charge is 0.382 e. The van der Waals surface area contributed by atoms with E-state index in [1.807, 2.05) is 19.0 Å². The Morgan fingerprint density at radius 2 is 2.33 bits per heavy atom. The second-order valence-corrected chi connectivity index (χ2v) is 2.46. The highest BCUT2D eigenvalue weighted by Gasteiger charge is 1.95. The van der Waals surface area contributed by atoms with E-state index in [1.54, 1.807) is 6.20 Å². The molecule has 0 aliphatic carbocycles. The Morgan fingerprint density at radius 1 is 1.75 bits per heavy atom. The minimum absolute atomic E-state index is 0.303. The first-order chi connectivity index (χ1) is 5.56. The van der Waals surface area contributed by atoms with Crippen LogP contribution in [-0.4, -0.2) is 38.3 Å². The van der Waals surface area contributed by atoms with Crippen LogP contribution in [0.5, 0.6) is 0 Å². The first kappa shape index (κ1) is 10.5. The van der Waals surface area contributed by atoms with E-state index >= 15 is 0 Å². The Morgan fingerprint density at radius 3 is 2.67 bits per heavy atom. The third-order valence-electron chi connectivity index (χ3n) is 1.05. The fourth-order valence-corrected chi connectivity index (χ4v) is 0.618. The fourth-order valence-electron chi connectivity index (χ4n) is 0.618. The van der Waals surface area contributed by atoms with Crippen molar-refractivity contribution in [2.75, 3.05) is 20.6 Å². The summed E-state index contributed by atoms with van der Waals surface area (Å²) in [5, 5.41) is 2.41. The lowest BCUT2D eigenvalue weighted by Crippen LogP contribution is -2.31.